The molecule has 1 aliphatic heterocycles. The molecule has 2 fully saturated rings. The number of hydrogen-bond acceptors (Lipinski definition) is 2. The zero-order valence-corrected chi connectivity index (χ0v) is 15.1. The summed E-state index contributed by atoms with van der Waals surface area (Å²) in [6.07, 6.45) is 11.8. The highest BCUT2D eigenvalue weighted by molar-refractivity contribution is 5.70. The molecule has 1 aliphatic carbocycles. The number of hydrogen-bond donors (Lipinski definition) is 0. The summed E-state index contributed by atoms with van der Waals surface area (Å²) in [7, 11) is 2.18. The average molecular weight is 395 g/mol. The second-order valence-corrected chi connectivity index (χ2v) is 6.80. The topological polar surface area (TPSA) is 26.3 Å². The van der Waals surface area contributed by atoms with Crippen molar-refractivity contribution in [2.45, 2.75) is 57.8 Å². The summed E-state index contributed by atoms with van der Waals surface area (Å²) in [5, 5.41) is 0. The molecular formula is C16H30INO2. The van der Waals surface area contributed by atoms with E-state index in [4.69, 9.17) is 4.74 Å². The first-order chi connectivity index (χ1) is 9.18. The molecule has 3 nitrogen and oxygen atoms in total. The maximum atomic E-state index is 11.8. The fourth-order valence-electron chi connectivity index (χ4n) is 3.65. The van der Waals surface area contributed by atoms with E-state index >= 15 is 0 Å². The van der Waals surface area contributed by atoms with Gasteiger partial charge in [0, 0.05) is 12.8 Å². The fourth-order valence-corrected chi connectivity index (χ4v) is 3.65. The van der Waals surface area contributed by atoms with Crippen LogP contribution in [0.3, 0.4) is 0 Å². The summed E-state index contributed by atoms with van der Waals surface area (Å²) in [6, 6.07) is 0. The Labute approximate surface area is 141 Å². The molecule has 1 saturated carbocycles. The van der Waals surface area contributed by atoms with Crippen molar-refractivity contribution >= 4 is 5.97 Å². The van der Waals surface area contributed by atoms with Gasteiger partial charge in [-0.25, -0.2) is 4.79 Å². The molecule has 0 amide bonds. The van der Waals surface area contributed by atoms with Crippen LogP contribution in [0, 0.1) is 5.92 Å². The first-order valence-electron chi connectivity index (χ1n) is 8.17. The summed E-state index contributed by atoms with van der Waals surface area (Å²) in [5.41, 5.74) is 0. The molecule has 0 aromatic heterocycles. The molecule has 1 heterocycles. The van der Waals surface area contributed by atoms with E-state index < -0.39 is 0 Å². The highest BCUT2D eigenvalue weighted by Gasteiger charge is 2.30. The van der Waals surface area contributed by atoms with Crippen molar-refractivity contribution in [3.05, 3.63) is 0 Å². The van der Waals surface area contributed by atoms with Gasteiger partial charge in [-0.2, -0.15) is 0 Å². The SMILES string of the molecule is C[N+]1(CC(=O)OCCCC2CCCCC2)CCCC1.[I-]. The summed E-state index contributed by atoms with van der Waals surface area (Å²) in [5.74, 6) is 0.906. The highest BCUT2D eigenvalue weighted by Crippen LogP contribution is 2.27. The van der Waals surface area contributed by atoms with Crippen molar-refractivity contribution in [1.82, 2.24) is 0 Å². The average Bonchev–Trinajstić information content (AvgIpc) is 2.82. The lowest BCUT2D eigenvalue weighted by Gasteiger charge is -2.27. The summed E-state index contributed by atoms with van der Waals surface area (Å²) in [4.78, 5) is 11.8. The van der Waals surface area contributed by atoms with Gasteiger partial charge in [0.1, 0.15) is 0 Å². The zero-order chi connectivity index (χ0) is 13.6. The van der Waals surface area contributed by atoms with Gasteiger partial charge in [0.05, 0.1) is 26.7 Å². The van der Waals surface area contributed by atoms with E-state index in [1.165, 1.54) is 51.4 Å². The molecule has 20 heavy (non-hydrogen) atoms. The maximum Gasteiger partial charge on any atom is 0.361 e. The van der Waals surface area contributed by atoms with Crippen LogP contribution in [-0.4, -0.2) is 43.7 Å². The van der Waals surface area contributed by atoms with Crippen LogP contribution in [-0.2, 0) is 9.53 Å². The Kier molecular flexibility index (Phi) is 8.41. The molecule has 4 heteroatoms. The minimum Gasteiger partial charge on any atom is -1.00 e. The Morgan fingerprint density at radius 3 is 2.40 bits per heavy atom. The minimum atomic E-state index is 0. The number of likely N-dealkylation sites (N-methyl/N-ethyl adjacent to an activating group) is 1. The number of esters is 1. The number of rotatable bonds is 6. The zero-order valence-electron chi connectivity index (χ0n) is 12.9. The quantitative estimate of drug-likeness (QED) is 0.277. The largest absolute Gasteiger partial charge is 1.00 e. The van der Waals surface area contributed by atoms with Gasteiger partial charge >= 0.3 is 5.97 Å². The number of likely N-dealkylation sites (tertiary alicyclic amines) is 1. The fraction of sp³-hybridized carbons (Fsp3) is 0.938. The van der Waals surface area contributed by atoms with Crippen molar-refractivity contribution in [1.29, 1.82) is 0 Å². The van der Waals surface area contributed by atoms with Crippen molar-refractivity contribution in [3.8, 4) is 0 Å². The minimum absolute atomic E-state index is 0. The highest BCUT2D eigenvalue weighted by atomic mass is 127. The van der Waals surface area contributed by atoms with E-state index in [2.05, 4.69) is 7.05 Å². The van der Waals surface area contributed by atoms with E-state index in [1.54, 1.807) is 0 Å². The number of nitrogens with zero attached hydrogens (tertiary/aromatic N) is 1. The molecule has 0 radical (unpaired) electrons. The summed E-state index contributed by atoms with van der Waals surface area (Å²) in [6.45, 7) is 3.48. The number of carbonyl (C=O) groups excluding carboxylic acids is 1. The second-order valence-electron chi connectivity index (χ2n) is 6.80. The van der Waals surface area contributed by atoms with E-state index in [-0.39, 0.29) is 29.9 Å². The molecule has 0 spiro atoms. The van der Waals surface area contributed by atoms with Gasteiger partial charge in [0.25, 0.3) is 0 Å². The maximum absolute atomic E-state index is 11.8. The second kappa shape index (κ2) is 9.23. The van der Waals surface area contributed by atoms with Crippen LogP contribution in [0.15, 0.2) is 0 Å². The van der Waals surface area contributed by atoms with Gasteiger partial charge in [-0.05, 0) is 18.8 Å². The van der Waals surface area contributed by atoms with E-state index in [0.29, 0.717) is 13.2 Å². The predicted molar refractivity (Wildman–Crippen MR) is 76.8 cm³/mol. The Bertz CT molecular complexity index is 284. The molecule has 0 aromatic carbocycles. The van der Waals surface area contributed by atoms with Crippen molar-refractivity contribution in [2.75, 3.05) is 33.3 Å². The molecule has 1 saturated heterocycles. The van der Waals surface area contributed by atoms with E-state index in [9.17, 15) is 4.79 Å². The van der Waals surface area contributed by atoms with Crippen molar-refractivity contribution in [3.63, 3.8) is 0 Å². The lowest BCUT2D eigenvalue weighted by molar-refractivity contribution is -0.890. The first-order valence-corrected chi connectivity index (χ1v) is 8.17. The van der Waals surface area contributed by atoms with Crippen LogP contribution in [0.4, 0.5) is 0 Å². The summed E-state index contributed by atoms with van der Waals surface area (Å²) < 4.78 is 6.30. The number of ether oxygens (including phenoxy) is 1. The third-order valence-electron chi connectivity index (χ3n) is 4.90. The van der Waals surface area contributed by atoms with Crippen LogP contribution in [0.1, 0.15) is 57.8 Å². The standard InChI is InChI=1S/C16H30NO2.HI/c1-17(11-5-6-12-17)14-16(18)19-13-7-10-15-8-3-2-4-9-15;/h15H,2-14H2,1H3;1H/q+1;/p-1. The number of quaternary nitrogens is 1. The molecule has 2 aliphatic rings. The van der Waals surface area contributed by atoms with Crippen LogP contribution < -0.4 is 24.0 Å². The van der Waals surface area contributed by atoms with Gasteiger partial charge in [0.2, 0.25) is 0 Å². The van der Waals surface area contributed by atoms with Crippen LogP contribution in [0.5, 0.6) is 0 Å². The Hall–Kier alpha value is 0.160. The van der Waals surface area contributed by atoms with Gasteiger partial charge in [-0.15, -0.1) is 0 Å². The molecule has 0 bridgehead atoms. The monoisotopic (exact) mass is 395 g/mol. The van der Waals surface area contributed by atoms with Crippen LogP contribution >= 0.6 is 0 Å². The predicted octanol–water partition coefficient (Wildman–Crippen LogP) is 0.135. The normalized spacial score (nSPS) is 22.2. The molecule has 0 unspecified atom stereocenters. The third-order valence-corrected chi connectivity index (χ3v) is 4.90. The van der Waals surface area contributed by atoms with Crippen LogP contribution in [0.2, 0.25) is 0 Å². The Morgan fingerprint density at radius 2 is 1.75 bits per heavy atom. The van der Waals surface area contributed by atoms with Crippen LogP contribution in [0.25, 0.3) is 0 Å². The van der Waals surface area contributed by atoms with Gasteiger partial charge in [-0.3, -0.25) is 0 Å². The first kappa shape index (κ1) is 18.2. The van der Waals surface area contributed by atoms with E-state index in [0.717, 1.165) is 29.9 Å². The number of halogens is 1. The Morgan fingerprint density at radius 1 is 1.10 bits per heavy atom. The van der Waals surface area contributed by atoms with Crippen molar-refractivity contribution in [2.24, 2.45) is 5.92 Å². The molecular weight excluding hydrogens is 365 g/mol. The lowest BCUT2D eigenvalue weighted by atomic mass is 9.86. The molecule has 0 N–H and O–H groups in total. The molecule has 118 valence electrons. The molecule has 2 rings (SSSR count). The molecule has 0 atom stereocenters. The number of carbonyl (C=O) groups is 1. The van der Waals surface area contributed by atoms with Gasteiger partial charge < -0.3 is 33.2 Å². The molecule has 0 aromatic rings. The Balaban J connectivity index is 0.00000200. The van der Waals surface area contributed by atoms with Gasteiger partial charge in [-0.1, -0.05) is 32.1 Å². The summed E-state index contributed by atoms with van der Waals surface area (Å²) >= 11 is 0. The third kappa shape index (κ3) is 6.29. The van der Waals surface area contributed by atoms with E-state index in [1.807, 2.05) is 0 Å². The van der Waals surface area contributed by atoms with Gasteiger partial charge in [0.15, 0.2) is 6.54 Å². The smallest absolute Gasteiger partial charge is 0.361 e. The lowest BCUT2D eigenvalue weighted by Crippen LogP contribution is -3.00. The van der Waals surface area contributed by atoms with Crippen molar-refractivity contribution < 1.29 is 38.0 Å².